The third kappa shape index (κ3) is 2.30. The summed E-state index contributed by atoms with van der Waals surface area (Å²) in [6, 6.07) is 1.000. The minimum Gasteiger partial charge on any atom is -0.318 e. The maximum atomic E-state index is 12.9. The first-order chi connectivity index (χ1) is 8.39. The standard InChI is InChI=1S/C9H7F4N5/c10-4-1-2-5(6(3-4)9(11,12)13)7(14)8-15-17-18-16-8/h1-3,7H,14H2,(H,15,16,17,18). The van der Waals surface area contributed by atoms with Crippen LogP contribution in [-0.4, -0.2) is 20.6 Å². The van der Waals surface area contributed by atoms with E-state index in [9.17, 15) is 17.6 Å². The van der Waals surface area contributed by atoms with Crippen molar-refractivity contribution in [1.29, 1.82) is 0 Å². The van der Waals surface area contributed by atoms with Gasteiger partial charge in [0.2, 0.25) is 0 Å². The van der Waals surface area contributed by atoms with Crippen LogP contribution in [0.4, 0.5) is 17.6 Å². The van der Waals surface area contributed by atoms with Gasteiger partial charge in [0, 0.05) is 0 Å². The number of H-pyrrole nitrogens is 1. The van der Waals surface area contributed by atoms with Crippen molar-refractivity contribution in [2.75, 3.05) is 0 Å². The molecule has 0 aliphatic heterocycles. The zero-order valence-electron chi connectivity index (χ0n) is 8.74. The van der Waals surface area contributed by atoms with E-state index < -0.39 is 23.6 Å². The van der Waals surface area contributed by atoms with E-state index in [1.807, 2.05) is 0 Å². The minimum absolute atomic E-state index is 0.105. The van der Waals surface area contributed by atoms with E-state index >= 15 is 0 Å². The summed E-state index contributed by atoms with van der Waals surface area (Å²) in [5.41, 5.74) is 4.13. The molecule has 0 radical (unpaired) electrons. The zero-order valence-corrected chi connectivity index (χ0v) is 8.74. The van der Waals surface area contributed by atoms with Crippen molar-refractivity contribution in [2.24, 2.45) is 5.73 Å². The van der Waals surface area contributed by atoms with E-state index in [-0.39, 0.29) is 11.4 Å². The van der Waals surface area contributed by atoms with Gasteiger partial charge < -0.3 is 5.73 Å². The second kappa shape index (κ2) is 4.33. The first-order valence-corrected chi connectivity index (χ1v) is 4.75. The van der Waals surface area contributed by atoms with E-state index in [4.69, 9.17) is 5.73 Å². The van der Waals surface area contributed by atoms with E-state index in [0.29, 0.717) is 6.07 Å². The molecule has 0 saturated heterocycles. The Morgan fingerprint density at radius 1 is 1.28 bits per heavy atom. The van der Waals surface area contributed by atoms with Crippen LogP contribution in [0.2, 0.25) is 0 Å². The van der Waals surface area contributed by atoms with Gasteiger partial charge in [-0.2, -0.15) is 18.4 Å². The van der Waals surface area contributed by atoms with Crippen LogP contribution >= 0.6 is 0 Å². The van der Waals surface area contributed by atoms with Crippen LogP contribution in [0.3, 0.4) is 0 Å². The zero-order chi connectivity index (χ0) is 13.3. The Kier molecular flexibility index (Phi) is 2.99. The number of nitrogens with one attached hydrogen (secondary N) is 1. The van der Waals surface area contributed by atoms with Crippen LogP contribution in [0.1, 0.15) is 23.0 Å². The molecule has 2 aromatic rings. The highest BCUT2D eigenvalue weighted by Gasteiger charge is 2.36. The molecule has 96 valence electrons. The average Bonchev–Trinajstić information content (AvgIpc) is 2.80. The molecule has 0 fully saturated rings. The molecule has 3 N–H and O–H groups in total. The summed E-state index contributed by atoms with van der Waals surface area (Å²) >= 11 is 0. The third-order valence-electron chi connectivity index (χ3n) is 2.30. The average molecular weight is 261 g/mol. The minimum atomic E-state index is -4.71. The molecule has 0 spiro atoms. The normalized spacial score (nSPS) is 13.6. The molecule has 1 atom stereocenters. The number of alkyl halides is 3. The summed E-state index contributed by atoms with van der Waals surface area (Å²) in [4.78, 5) is 0. The molecular weight excluding hydrogens is 254 g/mol. The highest BCUT2D eigenvalue weighted by Crippen LogP contribution is 2.35. The monoisotopic (exact) mass is 261 g/mol. The van der Waals surface area contributed by atoms with Crippen molar-refractivity contribution in [3.8, 4) is 0 Å². The number of nitrogens with two attached hydrogens (primary N) is 1. The topological polar surface area (TPSA) is 80.5 Å². The number of tetrazole rings is 1. The molecule has 5 nitrogen and oxygen atoms in total. The van der Waals surface area contributed by atoms with Crippen molar-refractivity contribution in [3.05, 3.63) is 41.0 Å². The van der Waals surface area contributed by atoms with E-state index in [0.717, 1.165) is 12.1 Å². The van der Waals surface area contributed by atoms with Crippen LogP contribution in [0, 0.1) is 5.82 Å². The van der Waals surface area contributed by atoms with E-state index in [1.165, 1.54) is 0 Å². The predicted molar refractivity (Wildman–Crippen MR) is 51.6 cm³/mol. The molecular formula is C9H7F4N5. The van der Waals surface area contributed by atoms with Crippen LogP contribution in [0.5, 0.6) is 0 Å². The van der Waals surface area contributed by atoms with Crippen LogP contribution in [0.15, 0.2) is 18.2 Å². The van der Waals surface area contributed by atoms with Crippen molar-refractivity contribution in [2.45, 2.75) is 12.2 Å². The molecule has 2 rings (SSSR count). The van der Waals surface area contributed by atoms with E-state index in [1.54, 1.807) is 0 Å². The highest BCUT2D eigenvalue weighted by molar-refractivity contribution is 5.35. The highest BCUT2D eigenvalue weighted by atomic mass is 19.4. The second-order valence-electron chi connectivity index (χ2n) is 3.48. The first-order valence-electron chi connectivity index (χ1n) is 4.75. The van der Waals surface area contributed by atoms with Crippen LogP contribution in [-0.2, 0) is 6.18 Å². The van der Waals surface area contributed by atoms with Gasteiger partial charge in [-0.3, -0.25) is 0 Å². The lowest BCUT2D eigenvalue weighted by molar-refractivity contribution is -0.138. The smallest absolute Gasteiger partial charge is 0.318 e. The van der Waals surface area contributed by atoms with Gasteiger partial charge in [-0.1, -0.05) is 11.3 Å². The van der Waals surface area contributed by atoms with Crippen molar-refractivity contribution in [3.63, 3.8) is 0 Å². The molecule has 1 aromatic carbocycles. The molecule has 0 saturated carbocycles. The van der Waals surface area contributed by atoms with Gasteiger partial charge in [0.1, 0.15) is 5.82 Å². The van der Waals surface area contributed by atoms with Gasteiger partial charge in [0.25, 0.3) is 0 Å². The Bertz CT molecular complexity index is 536. The largest absolute Gasteiger partial charge is 0.416 e. The summed E-state index contributed by atoms with van der Waals surface area (Å²) < 4.78 is 51.1. The Morgan fingerprint density at radius 2 is 2.00 bits per heavy atom. The van der Waals surface area contributed by atoms with Gasteiger partial charge in [0.05, 0.1) is 11.6 Å². The lowest BCUT2D eigenvalue weighted by Crippen LogP contribution is -2.20. The summed E-state index contributed by atoms with van der Waals surface area (Å²) in [7, 11) is 0. The van der Waals surface area contributed by atoms with E-state index in [2.05, 4.69) is 20.6 Å². The third-order valence-corrected chi connectivity index (χ3v) is 2.30. The van der Waals surface area contributed by atoms with Crippen molar-refractivity contribution in [1.82, 2.24) is 20.6 Å². The van der Waals surface area contributed by atoms with Gasteiger partial charge in [-0.25, -0.2) is 4.39 Å². The number of hydrogen-bond donors (Lipinski definition) is 2. The van der Waals surface area contributed by atoms with Crippen LogP contribution < -0.4 is 5.73 Å². The van der Waals surface area contributed by atoms with Crippen LogP contribution in [0.25, 0.3) is 0 Å². The molecule has 1 heterocycles. The van der Waals surface area contributed by atoms with Gasteiger partial charge in [-0.15, -0.1) is 10.2 Å². The summed E-state index contributed by atoms with van der Waals surface area (Å²) in [5.74, 6) is -1.10. The Labute approximate surface area is 98.0 Å². The first kappa shape index (κ1) is 12.4. The number of hydrogen-bond acceptors (Lipinski definition) is 4. The quantitative estimate of drug-likeness (QED) is 0.801. The predicted octanol–water partition coefficient (Wildman–Crippen LogP) is 1.41. The number of halogens is 4. The van der Waals surface area contributed by atoms with Gasteiger partial charge in [0.15, 0.2) is 5.82 Å². The van der Waals surface area contributed by atoms with Crippen molar-refractivity contribution < 1.29 is 17.6 Å². The number of aromatic nitrogens is 4. The molecule has 1 unspecified atom stereocenters. The fraction of sp³-hybridized carbons (Fsp3) is 0.222. The number of aromatic amines is 1. The molecule has 0 amide bonds. The Balaban J connectivity index is 2.51. The fourth-order valence-electron chi connectivity index (χ4n) is 1.49. The summed E-state index contributed by atoms with van der Waals surface area (Å²) in [5, 5.41) is 12.3. The molecule has 0 aliphatic rings. The molecule has 9 heteroatoms. The Morgan fingerprint density at radius 3 is 2.56 bits per heavy atom. The van der Waals surface area contributed by atoms with Crippen molar-refractivity contribution >= 4 is 0 Å². The molecule has 0 bridgehead atoms. The van der Waals surface area contributed by atoms with Gasteiger partial charge >= 0.3 is 6.18 Å². The molecule has 18 heavy (non-hydrogen) atoms. The number of benzene rings is 1. The summed E-state index contributed by atoms with van der Waals surface area (Å²) in [6.45, 7) is 0. The fourth-order valence-corrected chi connectivity index (χ4v) is 1.49. The lowest BCUT2D eigenvalue weighted by atomic mass is 10.00. The SMILES string of the molecule is NC(c1nn[nH]n1)c1ccc(F)cc1C(F)(F)F. The summed E-state index contributed by atoms with van der Waals surface area (Å²) in [6.07, 6.45) is -4.71. The number of rotatable bonds is 2. The lowest BCUT2D eigenvalue weighted by Gasteiger charge is -2.15. The maximum Gasteiger partial charge on any atom is 0.416 e. The molecule has 1 aromatic heterocycles. The second-order valence-corrected chi connectivity index (χ2v) is 3.48. The molecule has 0 aliphatic carbocycles. The maximum absolute atomic E-state index is 12.9. The number of nitrogens with zero attached hydrogens (tertiary/aromatic N) is 3. The van der Waals surface area contributed by atoms with Gasteiger partial charge in [-0.05, 0) is 17.7 Å². The Hall–Kier alpha value is -2.03.